The van der Waals surface area contributed by atoms with Crippen LogP contribution in [0.2, 0.25) is 5.02 Å². The van der Waals surface area contributed by atoms with Gasteiger partial charge in [0.05, 0.1) is 12.1 Å². The molecule has 0 saturated carbocycles. The standard InChI is InChI=1S/C17H17ClFNO3/c1-20(10-12-3-6-14(22-2)7-4-12)17(21)11-23-16-8-5-13(19)9-15(16)18/h3-9H,10-11H2,1-2H3. The molecular formula is C17H17ClFNO3. The molecule has 0 unspecified atom stereocenters. The summed E-state index contributed by atoms with van der Waals surface area (Å²) in [6.45, 7) is 0.279. The zero-order chi connectivity index (χ0) is 16.8. The molecule has 1 amide bonds. The van der Waals surface area contributed by atoms with E-state index in [9.17, 15) is 9.18 Å². The van der Waals surface area contributed by atoms with E-state index in [1.165, 1.54) is 12.1 Å². The summed E-state index contributed by atoms with van der Waals surface area (Å²) in [5.41, 5.74) is 0.974. The molecular weight excluding hydrogens is 321 g/mol. The first-order chi connectivity index (χ1) is 11.0. The summed E-state index contributed by atoms with van der Waals surface area (Å²) in [4.78, 5) is 13.6. The van der Waals surface area contributed by atoms with E-state index < -0.39 is 5.82 Å². The first kappa shape index (κ1) is 17.1. The van der Waals surface area contributed by atoms with Crippen molar-refractivity contribution in [1.82, 2.24) is 4.90 Å². The van der Waals surface area contributed by atoms with Crippen LogP contribution in [0, 0.1) is 5.82 Å². The highest BCUT2D eigenvalue weighted by atomic mass is 35.5. The molecule has 0 atom stereocenters. The first-order valence-corrected chi connectivity index (χ1v) is 7.32. The van der Waals surface area contributed by atoms with Crippen LogP contribution in [0.15, 0.2) is 42.5 Å². The van der Waals surface area contributed by atoms with Crippen LogP contribution in [0.1, 0.15) is 5.56 Å². The number of nitrogens with zero attached hydrogens (tertiary/aromatic N) is 1. The zero-order valence-corrected chi connectivity index (χ0v) is 13.6. The van der Waals surface area contributed by atoms with Crippen LogP contribution in [-0.4, -0.2) is 31.6 Å². The van der Waals surface area contributed by atoms with Gasteiger partial charge in [0.15, 0.2) is 6.61 Å². The van der Waals surface area contributed by atoms with Gasteiger partial charge in [0.25, 0.3) is 5.91 Å². The summed E-state index contributed by atoms with van der Waals surface area (Å²) in [5.74, 6) is 0.378. The summed E-state index contributed by atoms with van der Waals surface area (Å²) >= 11 is 5.85. The van der Waals surface area contributed by atoms with Gasteiger partial charge in [0, 0.05) is 13.6 Å². The summed E-state index contributed by atoms with van der Waals surface area (Å²) in [7, 11) is 3.28. The quantitative estimate of drug-likeness (QED) is 0.809. The van der Waals surface area contributed by atoms with Gasteiger partial charge in [-0.1, -0.05) is 23.7 Å². The molecule has 0 aliphatic heterocycles. The van der Waals surface area contributed by atoms with Crippen molar-refractivity contribution in [3.8, 4) is 11.5 Å². The SMILES string of the molecule is COc1ccc(CN(C)C(=O)COc2ccc(F)cc2Cl)cc1. The summed E-state index contributed by atoms with van der Waals surface area (Å²) < 4.78 is 23.4. The number of rotatable bonds is 6. The van der Waals surface area contributed by atoms with Crippen molar-refractivity contribution in [3.05, 3.63) is 58.9 Å². The Kier molecular flexibility index (Phi) is 5.82. The summed E-state index contributed by atoms with van der Waals surface area (Å²) in [5, 5.41) is 0.135. The van der Waals surface area contributed by atoms with E-state index >= 15 is 0 Å². The molecule has 0 bridgehead atoms. The number of hydrogen-bond donors (Lipinski definition) is 0. The van der Waals surface area contributed by atoms with Crippen LogP contribution < -0.4 is 9.47 Å². The van der Waals surface area contributed by atoms with Crippen LogP contribution in [0.3, 0.4) is 0 Å². The molecule has 0 heterocycles. The van der Waals surface area contributed by atoms with Crippen molar-refractivity contribution in [1.29, 1.82) is 0 Å². The first-order valence-electron chi connectivity index (χ1n) is 6.94. The lowest BCUT2D eigenvalue weighted by Gasteiger charge is -2.18. The van der Waals surface area contributed by atoms with Gasteiger partial charge in [-0.15, -0.1) is 0 Å². The number of carbonyl (C=O) groups excluding carboxylic acids is 1. The van der Waals surface area contributed by atoms with Crippen LogP contribution in [0.5, 0.6) is 11.5 Å². The normalized spacial score (nSPS) is 10.3. The lowest BCUT2D eigenvalue weighted by molar-refractivity contribution is -0.132. The Labute approximate surface area is 139 Å². The number of halogens is 2. The largest absolute Gasteiger partial charge is 0.497 e. The van der Waals surface area contributed by atoms with Gasteiger partial charge in [-0.3, -0.25) is 4.79 Å². The lowest BCUT2D eigenvalue weighted by Crippen LogP contribution is -2.31. The van der Waals surface area contributed by atoms with Gasteiger partial charge in [-0.2, -0.15) is 0 Å². The van der Waals surface area contributed by atoms with Gasteiger partial charge < -0.3 is 14.4 Å². The second-order valence-electron chi connectivity index (χ2n) is 4.96. The number of benzene rings is 2. The second kappa shape index (κ2) is 7.83. The molecule has 2 aromatic carbocycles. The number of likely N-dealkylation sites (N-methyl/N-ethyl adjacent to an activating group) is 1. The topological polar surface area (TPSA) is 38.8 Å². The third-order valence-corrected chi connectivity index (χ3v) is 3.54. The Balaban J connectivity index is 1.89. The number of amides is 1. The van der Waals surface area contributed by atoms with Crippen LogP contribution in [0.25, 0.3) is 0 Å². The number of methoxy groups -OCH3 is 1. The molecule has 2 rings (SSSR count). The van der Waals surface area contributed by atoms with Crippen molar-refractivity contribution in [2.45, 2.75) is 6.54 Å². The van der Waals surface area contributed by atoms with Crippen molar-refractivity contribution in [3.63, 3.8) is 0 Å². The van der Waals surface area contributed by atoms with E-state index in [2.05, 4.69) is 0 Å². The second-order valence-corrected chi connectivity index (χ2v) is 5.37. The lowest BCUT2D eigenvalue weighted by atomic mass is 10.2. The summed E-state index contributed by atoms with van der Waals surface area (Å²) in [6, 6.07) is 11.2. The van der Waals surface area contributed by atoms with E-state index in [1.807, 2.05) is 24.3 Å². The van der Waals surface area contributed by atoms with Crippen LogP contribution in [-0.2, 0) is 11.3 Å². The van der Waals surface area contributed by atoms with Gasteiger partial charge in [-0.25, -0.2) is 4.39 Å². The Morgan fingerprint density at radius 2 is 1.91 bits per heavy atom. The van der Waals surface area contributed by atoms with Crippen molar-refractivity contribution in [2.75, 3.05) is 20.8 Å². The minimum absolute atomic E-state index is 0.135. The van der Waals surface area contributed by atoms with Crippen LogP contribution in [0.4, 0.5) is 4.39 Å². The molecule has 0 saturated heterocycles. The average Bonchev–Trinajstić information content (AvgIpc) is 2.54. The molecule has 0 aromatic heterocycles. The predicted molar refractivity (Wildman–Crippen MR) is 86.4 cm³/mol. The van der Waals surface area contributed by atoms with Crippen molar-refractivity contribution in [2.24, 2.45) is 0 Å². The minimum atomic E-state index is -0.453. The predicted octanol–water partition coefficient (Wildman–Crippen LogP) is 3.53. The third kappa shape index (κ3) is 4.86. The molecule has 0 N–H and O–H groups in total. The minimum Gasteiger partial charge on any atom is -0.497 e. The van der Waals surface area contributed by atoms with Crippen molar-refractivity contribution >= 4 is 17.5 Å². The van der Waals surface area contributed by atoms with E-state index in [0.717, 1.165) is 17.4 Å². The molecule has 0 radical (unpaired) electrons. The van der Waals surface area contributed by atoms with Gasteiger partial charge in [0.1, 0.15) is 17.3 Å². The number of carbonyl (C=O) groups is 1. The highest BCUT2D eigenvalue weighted by Crippen LogP contribution is 2.24. The van der Waals surface area contributed by atoms with Gasteiger partial charge in [0.2, 0.25) is 0 Å². The molecule has 122 valence electrons. The van der Waals surface area contributed by atoms with E-state index in [0.29, 0.717) is 6.54 Å². The Morgan fingerprint density at radius 1 is 1.22 bits per heavy atom. The highest BCUT2D eigenvalue weighted by molar-refractivity contribution is 6.32. The highest BCUT2D eigenvalue weighted by Gasteiger charge is 2.12. The van der Waals surface area contributed by atoms with Gasteiger partial charge >= 0.3 is 0 Å². The fourth-order valence-electron chi connectivity index (χ4n) is 1.93. The molecule has 6 heteroatoms. The molecule has 0 aliphatic carbocycles. The zero-order valence-electron chi connectivity index (χ0n) is 12.9. The average molecular weight is 338 g/mol. The maximum Gasteiger partial charge on any atom is 0.260 e. The fraction of sp³-hybridized carbons (Fsp3) is 0.235. The van der Waals surface area contributed by atoms with E-state index in [-0.39, 0.29) is 23.3 Å². The Morgan fingerprint density at radius 3 is 2.52 bits per heavy atom. The molecule has 4 nitrogen and oxygen atoms in total. The van der Waals surface area contributed by atoms with Crippen LogP contribution >= 0.6 is 11.6 Å². The summed E-state index contributed by atoms with van der Waals surface area (Å²) in [6.07, 6.45) is 0. The van der Waals surface area contributed by atoms with Crippen molar-refractivity contribution < 1.29 is 18.7 Å². The number of ether oxygens (including phenoxy) is 2. The fourth-order valence-corrected chi connectivity index (χ4v) is 2.16. The third-order valence-electron chi connectivity index (χ3n) is 3.25. The smallest absolute Gasteiger partial charge is 0.260 e. The molecule has 0 spiro atoms. The molecule has 23 heavy (non-hydrogen) atoms. The number of hydrogen-bond acceptors (Lipinski definition) is 3. The maximum absolute atomic E-state index is 12.9. The maximum atomic E-state index is 12.9. The monoisotopic (exact) mass is 337 g/mol. The van der Waals surface area contributed by atoms with E-state index in [4.69, 9.17) is 21.1 Å². The Hall–Kier alpha value is -2.27. The molecule has 0 aliphatic rings. The van der Waals surface area contributed by atoms with E-state index in [1.54, 1.807) is 19.1 Å². The van der Waals surface area contributed by atoms with Gasteiger partial charge in [-0.05, 0) is 35.9 Å². The molecule has 0 fully saturated rings. The Bertz CT molecular complexity index is 676. The molecule has 2 aromatic rings.